The quantitative estimate of drug-likeness (QED) is 0.0672. The van der Waals surface area contributed by atoms with Crippen LogP contribution in [0.25, 0.3) is 0 Å². The minimum atomic E-state index is -0.879. The molecular formula is C48H53N3O6S. The van der Waals surface area contributed by atoms with Crippen molar-refractivity contribution in [3.63, 3.8) is 0 Å². The lowest BCUT2D eigenvalue weighted by Crippen LogP contribution is -2.47. The summed E-state index contributed by atoms with van der Waals surface area (Å²) < 4.78 is 16.7. The number of nitrogens with one attached hydrogen (secondary N) is 3. The lowest BCUT2D eigenvalue weighted by atomic mass is 9.84. The molecule has 1 aliphatic rings. The molecule has 6 rings (SSSR count). The molecule has 0 radical (unpaired) electrons. The Hall–Kier alpha value is -5.58. The summed E-state index contributed by atoms with van der Waals surface area (Å²) in [5.41, 5.74) is 4.76. The maximum absolute atomic E-state index is 13.9. The van der Waals surface area contributed by atoms with Crippen molar-refractivity contribution in [3.05, 3.63) is 173 Å². The number of carbonyl (C=O) groups excluding carboxylic acids is 3. The molecule has 302 valence electrons. The number of para-hydroxylation sites is 1. The fourth-order valence-corrected chi connectivity index (χ4v) is 8.80. The number of benzene rings is 5. The van der Waals surface area contributed by atoms with Crippen LogP contribution < -0.4 is 20.7 Å². The van der Waals surface area contributed by atoms with Gasteiger partial charge in [0.2, 0.25) is 0 Å². The Bertz CT molecular complexity index is 2000. The van der Waals surface area contributed by atoms with Crippen molar-refractivity contribution in [1.82, 2.24) is 16.0 Å². The summed E-state index contributed by atoms with van der Waals surface area (Å²) in [6.45, 7) is 8.27. The van der Waals surface area contributed by atoms with Crippen LogP contribution in [0.1, 0.15) is 78.3 Å². The summed E-state index contributed by atoms with van der Waals surface area (Å²) in [6.07, 6.45) is 0.434. The maximum atomic E-state index is 13.9. The molecule has 3 atom stereocenters. The average molecular weight is 800 g/mol. The Kier molecular flexibility index (Phi) is 14.3. The third-order valence-electron chi connectivity index (χ3n) is 9.85. The third kappa shape index (κ3) is 10.7. The van der Waals surface area contributed by atoms with Crippen molar-refractivity contribution in [2.45, 2.75) is 69.0 Å². The van der Waals surface area contributed by atoms with E-state index in [0.717, 1.165) is 27.8 Å². The lowest BCUT2D eigenvalue weighted by Gasteiger charge is -2.37. The number of amides is 2. The molecule has 0 aromatic heterocycles. The van der Waals surface area contributed by atoms with Gasteiger partial charge in [0, 0.05) is 36.7 Å². The number of carbonyl (C=O) groups is 3. The first-order chi connectivity index (χ1) is 28.1. The average Bonchev–Trinajstić information content (AvgIpc) is 3.23. The normalized spacial score (nSPS) is 14.9. The molecule has 3 N–H and O–H groups in total. The lowest BCUT2D eigenvalue weighted by molar-refractivity contribution is -0.145. The van der Waals surface area contributed by atoms with Gasteiger partial charge in [-0.3, -0.25) is 4.79 Å². The summed E-state index contributed by atoms with van der Waals surface area (Å²) in [6, 6.07) is 45.0. The highest BCUT2D eigenvalue weighted by Crippen LogP contribution is 2.48. The summed E-state index contributed by atoms with van der Waals surface area (Å²) in [5, 5.41) is 9.79. The van der Waals surface area contributed by atoms with Gasteiger partial charge in [-0.05, 0) is 56.0 Å². The molecule has 2 amide bonds. The number of hydrogen-bond donors (Lipinski definition) is 3. The maximum Gasteiger partial charge on any atom is 0.407 e. The topological polar surface area (TPSA) is 115 Å². The van der Waals surface area contributed by atoms with Gasteiger partial charge < -0.3 is 30.2 Å². The fourth-order valence-electron chi connectivity index (χ4n) is 7.24. The molecule has 1 aliphatic heterocycles. The smallest absolute Gasteiger partial charge is 0.407 e. The van der Waals surface area contributed by atoms with E-state index in [1.807, 2.05) is 81.4 Å². The standard InChI is InChI=1S/C48H53N3O6S/c1-5-55-45(53)42(31-34-19-10-6-11-20-34)51-44(52)40-28-18-27-39-41(29-30-56-43(39)40)49-32-38(50-46(54)57-47(2,3)4)33-58-48(35-21-12-7-13-22-35,36-23-14-8-15-24-36)37-25-16-9-17-26-37/h6-28,38,41-42,49H,5,29-33H2,1-4H3,(H,50,54)(H,51,52)/t38-,41?,42+/m1/s1. The van der Waals surface area contributed by atoms with Crippen LogP contribution in [0.3, 0.4) is 0 Å². The zero-order valence-electron chi connectivity index (χ0n) is 33.6. The summed E-state index contributed by atoms with van der Waals surface area (Å²) in [4.78, 5) is 40.3. The second-order valence-corrected chi connectivity index (χ2v) is 16.5. The zero-order chi connectivity index (χ0) is 41.0. The van der Waals surface area contributed by atoms with Crippen LogP contribution in [0.5, 0.6) is 5.75 Å². The molecule has 1 heterocycles. The first-order valence-corrected chi connectivity index (χ1v) is 20.9. The van der Waals surface area contributed by atoms with Gasteiger partial charge >= 0.3 is 12.1 Å². The fraction of sp³-hybridized carbons (Fsp3) is 0.312. The van der Waals surface area contributed by atoms with E-state index >= 15 is 0 Å². The van der Waals surface area contributed by atoms with Crippen molar-refractivity contribution in [2.75, 3.05) is 25.5 Å². The number of esters is 1. The van der Waals surface area contributed by atoms with Gasteiger partial charge in [-0.15, -0.1) is 11.8 Å². The molecule has 10 heteroatoms. The zero-order valence-corrected chi connectivity index (χ0v) is 34.4. The molecule has 1 unspecified atom stereocenters. The van der Waals surface area contributed by atoms with E-state index in [0.29, 0.717) is 36.6 Å². The molecule has 9 nitrogen and oxygen atoms in total. The largest absolute Gasteiger partial charge is 0.492 e. The Morgan fingerprint density at radius 1 is 0.759 bits per heavy atom. The number of hydrogen-bond acceptors (Lipinski definition) is 8. The van der Waals surface area contributed by atoms with Gasteiger partial charge in [0.15, 0.2) is 0 Å². The van der Waals surface area contributed by atoms with Crippen molar-refractivity contribution in [2.24, 2.45) is 0 Å². The van der Waals surface area contributed by atoms with Crippen LogP contribution in [0.4, 0.5) is 4.79 Å². The predicted molar refractivity (Wildman–Crippen MR) is 230 cm³/mol. The minimum absolute atomic E-state index is 0.184. The molecule has 0 fully saturated rings. The molecule has 0 spiro atoms. The van der Waals surface area contributed by atoms with Gasteiger partial charge in [0.1, 0.15) is 17.4 Å². The molecule has 0 saturated heterocycles. The van der Waals surface area contributed by atoms with Crippen molar-refractivity contribution in [3.8, 4) is 5.75 Å². The Labute approximate surface area is 346 Å². The van der Waals surface area contributed by atoms with E-state index in [9.17, 15) is 14.4 Å². The molecule has 5 aromatic rings. The van der Waals surface area contributed by atoms with Crippen molar-refractivity contribution >= 4 is 29.7 Å². The van der Waals surface area contributed by atoms with Gasteiger partial charge in [0.05, 0.1) is 29.6 Å². The van der Waals surface area contributed by atoms with Crippen molar-refractivity contribution < 1.29 is 28.6 Å². The first kappa shape index (κ1) is 42.0. The van der Waals surface area contributed by atoms with Crippen molar-refractivity contribution in [1.29, 1.82) is 0 Å². The highest BCUT2D eigenvalue weighted by molar-refractivity contribution is 8.00. The van der Waals surface area contributed by atoms with Crippen LogP contribution in [-0.4, -0.2) is 61.2 Å². The van der Waals surface area contributed by atoms with Gasteiger partial charge in [-0.25, -0.2) is 9.59 Å². The summed E-state index contributed by atoms with van der Waals surface area (Å²) in [7, 11) is 0. The molecule has 5 aromatic carbocycles. The number of rotatable bonds is 16. The Morgan fingerprint density at radius 2 is 1.33 bits per heavy atom. The van der Waals surface area contributed by atoms with Crippen LogP contribution in [0.15, 0.2) is 140 Å². The SMILES string of the molecule is CCOC(=O)[C@H](Cc1ccccc1)NC(=O)c1cccc2c1OCCC2NC[C@H](CSC(c1ccccc1)(c1ccccc1)c1ccccc1)NC(=O)OC(C)(C)C. The van der Waals surface area contributed by atoms with E-state index < -0.39 is 34.4 Å². The molecule has 58 heavy (non-hydrogen) atoms. The molecular weight excluding hydrogens is 747 g/mol. The Balaban J connectivity index is 1.26. The Morgan fingerprint density at radius 3 is 1.88 bits per heavy atom. The van der Waals surface area contributed by atoms with Gasteiger partial charge in [0.25, 0.3) is 5.91 Å². The number of thioether (sulfide) groups is 1. The number of alkyl carbamates (subject to hydrolysis) is 1. The second kappa shape index (κ2) is 19.7. The summed E-state index contributed by atoms with van der Waals surface area (Å²) in [5.74, 6) is 0.0714. The van der Waals surface area contributed by atoms with Gasteiger partial charge in [-0.1, -0.05) is 133 Å². The van der Waals surface area contributed by atoms with E-state index in [1.54, 1.807) is 24.8 Å². The molecule has 0 aliphatic carbocycles. The molecule has 0 saturated carbocycles. The number of fused-ring (bicyclic) bond motifs is 1. The third-order valence-corrected chi connectivity index (χ3v) is 11.6. The summed E-state index contributed by atoms with van der Waals surface area (Å²) >= 11 is 1.76. The van der Waals surface area contributed by atoms with E-state index in [1.165, 1.54) is 0 Å². The highest BCUT2D eigenvalue weighted by atomic mass is 32.2. The van der Waals surface area contributed by atoms with Crippen LogP contribution in [0, 0.1) is 0 Å². The minimum Gasteiger partial charge on any atom is -0.492 e. The first-order valence-electron chi connectivity index (χ1n) is 19.9. The van der Waals surface area contributed by atoms with E-state index in [4.69, 9.17) is 14.2 Å². The second-order valence-electron chi connectivity index (χ2n) is 15.2. The van der Waals surface area contributed by atoms with Gasteiger partial charge in [-0.2, -0.15) is 0 Å². The predicted octanol–water partition coefficient (Wildman–Crippen LogP) is 8.62. The van der Waals surface area contributed by atoms with E-state index in [-0.39, 0.29) is 25.1 Å². The van der Waals surface area contributed by atoms with Crippen LogP contribution >= 0.6 is 11.8 Å². The highest BCUT2D eigenvalue weighted by Gasteiger charge is 2.38. The monoisotopic (exact) mass is 799 g/mol. The van der Waals surface area contributed by atoms with Crippen LogP contribution in [0.2, 0.25) is 0 Å². The molecule has 0 bridgehead atoms. The van der Waals surface area contributed by atoms with E-state index in [2.05, 4.69) is 88.7 Å². The van der Waals surface area contributed by atoms with Crippen LogP contribution in [-0.2, 0) is 25.4 Å². The number of ether oxygens (including phenoxy) is 3.